The zero-order chi connectivity index (χ0) is 19.4. The smallest absolute Gasteiger partial charge is 0.296 e. The lowest BCUT2D eigenvalue weighted by Gasteiger charge is -2.07. The number of benzene rings is 1. The second-order valence-electron chi connectivity index (χ2n) is 5.89. The Balaban J connectivity index is 1.63. The summed E-state index contributed by atoms with van der Waals surface area (Å²) in [6, 6.07) is 11.0. The zero-order valence-electron chi connectivity index (χ0n) is 15.1. The van der Waals surface area contributed by atoms with Crippen molar-refractivity contribution in [3.05, 3.63) is 58.3 Å². The molecule has 140 valence electrons. The highest BCUT2D eigenvalue weighted by atomic mass is 32.1. The van der Waals surface area contributed by atoms with E-state index in [1.807, 2.05) is 30.3 Å². The first-order chi connectivity index (χ1) is 12.9. The van der Waals surface area contributed by atoms with Crippen molar-refractivity contribution < 1.29 is 18.8 Å². The number of hydrogen-bond acceptors (Lipinski definition) is 7. The van der Waals surface area contributed by atoms with Gasteiger partial charge in [-0.25, -0.2) is 4.98 Å². The predicted molar refractivity (Wildman–Crippen MR) is 100 cm³/mol. The number of carbonyl (C=O) groups excluding carboxylic acids is 2. The Labute approximate surface area is 159 Å². The fourth-order valence-electron chi connectivity index (χ4n) is 2.18. The van der Waals surface area contributed by atoms with Gasteiger partial charge in [0.1, 0.15) is 11.5 Å². The summed E-state index contributed by atoms with van der Waals surface area (Å²) in [4.78, 5) is 30.5. The van der Waals surface area contributed by atoms with Gasteiger partial charge in [0.25, 0.3) is 17.7 Å². The molecule has 2 aromatic heterocycles. The van der Waals surface area contributed by atoms with E-state index in [0.717, 1.165) is 16.9 Å². The lowest BCUT2D eigenvalue weighted by atomic mass is 10.2. The van der Waals surface area contributed by atoms with Crippen LogP contribution >= 0.6 is 11.3 Å². The molecule has 0 spiro atoms. The number of anilines is 1. The SMILES string of the molecule is Cc1nc(NC(=O)c2cc(OCc3ccccc3)no2)sc1C(=O)N(C)C. The van der Waals surface area contributed by atoms with Gasteiger partial charge < -0.3 is 14.2 Å². The van der Waals surface area contributed by atoms with E-state index < -0.39 is 5.91 Å². The number of rotatable bonds is 6. The quantitative estimate of drug-likeness (QED) is 0.699. The Bertz CT molecular complexity index is 949. The van der Waals surface area contributed by atoms with Crippen LogP contribution < -0.4 is 10.1 Å². The van der Waals surface area contributed by atoms with Crippen molar-refractivity contribution in [2.24, 2.45) is 0 Å². The first-order valence-electron chi connectivity index (χ1n) is 8.08. The van der Waals surface area contributed by atoms with Crippen molar-refractivity contribution in [2.75, 3.05) is 19.4 Å². The molecule has 27 heavy (non-hydrogen) atoms. The molecule has 0 fully saturated rings. The number of nitrogens with one attached hydrogen (secondary N) is 1. The number of aryl methyl sites for hydroxylation is 1. The number of aromatic nitrogens is 2. The molecule has 0 bridgehead atoms. The maximum Gasteiger partial charge on any atom is 0.296 e. The highest BCUT2D eigenvalue weighted by Gasteiger charge is 2.20. The van der Waals surface area contributed by atoms with E-state index in [9.17, 15) is 9.59 Å². The van der Waals surface area contributed by atoms with Crippen LogP contribution in [-0.4, -0.2) is 41.0 Å². The summed E-state index contributed by atoms with van der Waals surface area (Å²) < 4.78 is 10.5. The number of nitrogens with zero attached hydrogens (tertiary/aromatic N) is 3. The summed E-state index contributed by atoms with van der Waals surface area (Å²) in [6.07, 6.45) is 0. The second-order valence-corrected chi connectivity index (χ2v) is 6.89. The van der Waals surface area contributed by atoms with Gasteiger partial charge in [0.05, 0.1) is 11.8 Å². The molecule has 0 saturated carbocycles. The van der Waals surface area contributed by atoms with Crippen molar-refractivity contribution in [3.8, 4) is 5.88 Å². The third-order valence-electron chi connectivity index (χ3n) is 3.56. The molecule has 3 aromatic rings. The number of amides is 2. The maximum absolute atomic E-state index is 12.3. The normalized spacial score (nSPS) is 10.5. The number of thiazole rings is 1. The zero-order valence-corrected chi connectivity index (χ0v) is 15.9. The van der Waals surface area contributed by atoms with Crippen LogP contribution in [0.25, 0.3) is 0 Å². The van der Waals surface area contributed by atoms with Gasteiger partial charge in [-0.2, -0.15) is 0 Å². The molecule has 2 heterocycles. The molecule has 1 N–H and O–H groups in total. The summed E-state index contributed by atoms with van der Waals surface area (Å²) >= 11 is 1.11. The average molecular weight is 386 g/mol. The van der Waals surface area contributed by atoms with Crippen molar-refractivity contribution in [1.29, 1.82) is 0 Å². The van der Waals surface area contributed by atoms with Crippen molar-refractivity contribution >= 4 is 28.3 Å². The molecule has 0 saturated heterocycles. The van der Waals surface area contributed by atoms with Gasteiger partial charge in [0, 0.05) is 14.1 Å². The lowest BCUT2D eigenvalue weighted by Crippen LogP contribution is -2.21. The standard InChI is InChI=1S/C18H18N4O4S/c1-11-15(17(24)22(2)3)27-18(19-11)20-16(23)13-9-14(21-26-13)25-10-12-7-5-4-6-8-12/h4-9H,10H2,1-3H3,(H,19,20,23). The van der Waals surface area contributed by atoms with Crippen LogP contribution in [0.5, 0.6) is 5.88 Å². The van der Waals surface area contributed by atoms with Crippen molar-refractivity contribution in [3.63, 3.8) is 0 Å². The Kier molecular flexibility index (Phi) is 5.51. The van der Waals surface area contributed by atoms with Gasteiger partial charge in [0.15, 0.2) is 5.13 Å². The number of hydrogen-bond donors (Lipinski definition) is 1. The highest BCUT2D eigenvalue weighted by Crippen LogP contribution is 2.24. The molecular formula is C18H18N4O4S. The van der Waals surface area contributed by atoms with Crippen LogP contribution in [-0.2, 0) is 6.61 Å². The average Bonchev–Trinajstić information content (AvgIpc) is 3.27. The summed E-state index contributed by atoms with van der Waals surface area (Å²) in [5.41, 5.74) is 1.53. The van der Waals surface area contributed by atoms with E-state index in [2.05, 4.69) is 15.5 Å². The minimum atomic E-state index is -0.519. The Hall–Kier alpha value is -3.20. The van der Waals surface area contributed by atoms with Crippen LogP contribution in [0.2, 0.25) is 0 Å². The maximum atomic E-state index is 12.3. The molecule has 1 aromatic carbocycles. The Morgan fingerprint density at radius 2 is 2.00 bits per heavy atom. The first-order valence-corrected chi connectivity index (χ1v) is 8.89. The van der Waals surface area contributed by atoms with Gasteiger partial charge in [-0.1, -0.05) is 41.7 Å². The van der Waals surface area contributed by atoms with E-state index in [-0.39, 0.29) is 17.5 Å². The van der Waals surface area contributed by atoms with Crippen LogP contribution in [0.4, 0.5) is 5.13 Å². The minimum absolute atomic E-state index is 0.00796. The Morgan fingerprint density at radius 1 is 1.26 bits per heavy atom. The fourth-order valence-corrected chi connectivity index (χ4v) is 3.16. The van der Waals surface area contributed by atoms with Crippen LogP contribution in [0.15, 0.2) is 40.9 Å². The molecule has 0 aliphatic rings. The highest BCUT2D eigenvalue weighted by molar-refractivity contribution is 7.17. The molecule has 0 atom stereocenters. The summed E-state index contributed by atoms with van der Waals surface area (Å²) in [7, 11) is 3.32. The van der Waals surface area contributed by atoms with Gasteiger partial charge in [0.2, 0.25) is 5.76 Å². The summed E-state index contributed by atoms with van der Waals surface area (Å²) in [5.74, 6) is -0.481. The minimum Gasteiger partial charge on any atom is -0.471 e. The molecule has 0 unspecified atom stereocenters. The van der Waals surface area contributed by atoms with Crippen molar-refractivity contribution in [1.82, 2.24) is 15.0 Å². The third-order valence-corrected chi connectivity index (χ3v) is 4.62. The molecule has 9 heteroatoms. The number of ether oxygens (including phenoxy) is 1. The third kappa shape index (κ3) is 4.50. The summed E-state index contributed by atoms with van der Waals surface area (Å²) in [5, 5.41) is 6.65. The molecule has 0 aliphatic heterocycles. The largest absolute Gasteiger partial charge is 0.471 e. The fraction of sp³-hybridized carbons (Fsp3) is 0.222. The van der Waals surface area contributed by atoms with E-state index >= 15 is 0 Å². The van der Waals surface area contributed by atoms with Crippen LogP contribution in [0, 0.1) is 6.92 Å². The van der Waals surface area contributed by atoms with E-state index in [1.165, 1.54) is 11.0 Å². The van der Waals surface area contributed by atoms with Gasteiger partial charge in [-0.3, -0.25) is 14.9 Å². The van der Waals surface area contributed by atoms with Crippen LogP contribution in [0.3, 0.4) is 0 Å². The van der Waals surface area contributed by atoms with Gasteiger partial charge >= 0.3 is 0 Å². The summed E-state index contributed by atoms with van der Waals surface area (Å²) in [6.45, 7) is 2.03. The molecule has 3 rings (SSSR count). The van der Waals surface area contributed by atoms with E-state index in [4.69, 9.17) is 9.26 Å². The topological polar surface area (TPSA) is 97.6 Å². The van der Waals surface area contributed by atoms with E-state index in [1.54, 1.807) is 21.0 Å². The first kappa shape index (κ1) is 18.6. The molecule has 2 amide bonds. The molecular weight excluding hydrogens is 368 g/mol. The van der Waals surface area contributed by atoms with Gasteiger partial charge in [-0.15, -0.1) is 0 Å². The second kappa shape index (κ2) is 8.00. The van der Waals surface area contributed by atoms with Crippen LogP contribution in [0.1, 0.15) is 31.5 Å². The van der Waals surface area contributed by atoms with E-state index in [0.29, 0.717) is 22.3 Å². The predicted octanol–water partition coefficient (Wildman–Crippen LogP) is 2.97. The lowest BCUT2D eigenvalue weighted by molar-refractivity contribution is 0.0831. The Morgan fingerprint density at radius 3 is 2.70 bits per heavy atom. The number of carbonyl (C=O) groups is 2. The molecule has 0 radical (unpaired) electrons. The monoisotopic (exact) mass is 386 g/mol. The molecule has 8 nitrogen and oxygen atoms in total. The van der Waals surface area contributed by atoms with Crippen molar-refractivity contribution in [2.45, 2.75) is 13.5 Å². The molecule has 0 aliphatic carbocycles. The van der Waals surface area contributed by atoms with Gasteiger partial charge in [-0.05, 0) is 17.6 Å².